The summed E-state index contributed by atoms with van der Waals surface area (Å²) in [5, 5.41) is 0. The molecule has 30 heavy (non-hydrogen) atoms. The van der Waals surface area contributed by atoms with Crippen LogP contribution in [0.4, 0.5) is 0 Å². The van der Waals surface area contributed by atoms with Gasteiger partial charge >= 0.3 is 0 Å². The number of hydrogen-bond acceptors (Lipinski definition) is 0. The van der Waals surface area contributed by atoms with E-state index in [1.165, 1.54) is 27.8 Å². The molecule has 0 saturated carbocycles. The van der Waals surface area contributed by atoms with Gasteiger partial charge in [0, 0.05) is 16.2 Å². The summed E-state index contributed by atoms with van der Waals surface area (Å²) >= 11 is 0. The maximum Gasteiger partial charge on any atom is 0.0456 e. The molecular weight excluding hydrogens is 360 g/mol. The van der Waals surface area contributed by atoms with Crippen LogP contribution in [0, 0.1) is 10.8 Å². The first-order valence-electron chi connectivity index (χ1n) is 11.3. The Hall–Kier alpha value is -2.60. The minimum absolute atomic E-state index is 0.0879. The SMILES string of the molecule is CCC1=CC=CC1(CC)C(c1ccccc1)(c1ccccc1)C1(C)C=CC(C)=C1C. The lowest BCUT2D eigenvalue weighted by molar-refractivity contribution is 0.147. The third-order valence-corrected chi connectivity index (χ3v) is 8.09. The molecule has 2 aromatic carbocycles. The Bertz CT molecular complexity index is 992. The molecule has 0 radical (unpaired) electrons. The Balaban J connectivity index is 2.22. The van der Waals surface area contributed by atoms with E-state index >= 15 is 0 Å². The second kappa shape index (κ2) is 7.58. The van der Waals surface area contributed by atoms with Gasteiger partial charge in [-0.25, -0.2) is 0 Å². The van der Waals surface area contributed by atoms with Crippen molar-refractivity contribution < 1.29 is 0 Å². The predicted octanol–water partition coefficient (Wildman–Crippen LogP) is 8.19. The van der Waals surface area contributed by atoms with Crippen LogP contribution in [0.1, 0.15) is 58.6 Å². The molecule has 2 atom stereocenters. The van der Waals surface area contributed by atoms with Gasteiger partial charge in [-0.2, -0.15) is 0 Å². The fourth-order valence-electron chi connectivity index (χ4n) is 6.47. The first kappa shape index (κ1) is 20.7. The van der Waals surface area contributed by atoms with Crippen LogP contribution in [0.25, 0.3) is 0 Å². The maximum atomic E-state index is 2.51. The Kier molecular flexibility index (Phi) is 5.22. The molecule has 0 bridgehead atoms. The zero-order valence-electron chi connectivity index (χ0n) is 19.1. The molecule has 154 valence electrons. The van der Waals surface area contributed by atoms with Crippen molar-refractivity contribution in [2.45, 2.75) is 52.9 Å². The van der Waals surface area contributed by atoms with Crippen molar-refractivity contribution in [1.29, 1.82) is 0 Å². The van der Waals surface area contributed by atoms with Gasteiger partial charge in [0.1, 0.15) is 0 Å². The van der Waals surface area contributed by atoms with E-state index in [0.717, 1.165) is 12.8 Å². The van der Waals surface area contributed by atoms with E-state index in [0.29, 0.717) is 0 Å². The Labute approximate surface area is 182 Å². The van der Waals surface area contributed by atoms with Crippen LogP contribution in [0.15, 0.2) is 108 Å². The molecule has 0 nitrogen and oxygen atoms in total. The van der Waals surface area contributed by atoms with Crippen LogP contribution < -0.4 is 0 Å². The summed E-state index contributed by atoms with van der Waals surface area (Å²) in [4.78, 5) is 0. The lowest BCUT2D eigenvalue weighted by Gasteiger charge is -2.59. The highest BCUT2D eigenvalue weighted by Gasteiger charge is 2.63. The highest BCUT2D eigenvalue weighted by atomic mass is 14.6. The van der Waals surface area contributed by atoms with Gasteiger partial charge in [0.05, 0.1) is 0 Å². The van der Waals surface area contributed by atoms with Gasteiger partial charge in [-0.3, -0.25) is 0 Å². The van der Waals surface area contributed by atoms with Crippen molar-refractivity contribution in [2.24, 2.45) is 10.8 Å². The minimum Gasteiger partial charge on any atom is -0.0730 e. The van der Waals surface area contributed by atoms with Gasteiger partial charge in [-0.1, -0.05) is 129 Å². The molecular formula is C30H34. The van der Waals surface area contributed by atoms with Crippen LogP contribution in [-0.4, -0.2) is 0 Å². The monoisotopic (exact) mass is 394 g/mol. The Morgan fingerprint density at radius 1 is 0.800 bits per heavy atom. The summed E-state index contributed by atoms with van der Waals surface area (Å²) in [6, 6.07) is 22.5. The number of allylic oxidation sites excluding steroid dienone is 8. The van der Waals surface area contributed by atoms with Gasteiger partial charge in [-0.15, -0.1) is 0 Å². The lowest BCUT2D eigenvalue weighted by Crippen LogP contribution is -2.56. The lowest BCUT2D eigenvalue weighted by atomic mass is 9.43. The fourth-order valence-corrected chi connectivity index (χ4v) is 6.47. The number of rotatable bonds is 6. The average Bonchev–Trinajstić information content (AvgIpc) is 3.33. The molecule has 2 aromatic rings. The van der Waals surface area contributed by atoms with Crippen LogP contribution in [-0.2, 0) is 5.41 Å². The molecule has 2 aliphatic rings. The molecule has 0 N–H and O–H groups in total. The summed E-state index contributed by atoms with van der Waals surface area (Å²) in [7, 11) is 0. The molecule has 2 aliphatic carbocycles. The molecule has 2 unspecified atom stereocenters. The van der Waals surface area contributed by atoms with Crippen molar-refractivity contribution in [2.75, 3.05) is 0 Å². The smallest absolute Gasteiger partial charge is 0.0456 e. The normalized spacial score (nSPS) is 25.8. The zero-order chi connectivity index (χ0) is 21.4. The predicted molar refractivity (Wildman–Crippen MR) is 130 cm³/mol. The summed E-state index contributed by atoms with van der Waals surface area (Å²) in [6.45, 7) is 11.7. The van der Waals surface area contributed by atoms with Crippen LogP contribution in [0.2, 0.25) is 0 Å². The largest absolute Gasteiger partial charge is 0.0730 e. The molecule has 0 amide bonds. The van der Waals surface area contributed by atoms with E-state index in [1.54, 1.807) is 0 Å². The zero-order valence-corrected chi connectivity index (χ0v) is 19.1. The van der Waals surface area contributed by atoms with E-state index in [9.17, 15) is 0 Å². The number of hydrogen-bond donors (Lipinski definition) is 0. The third kappa shape index (κ3) is 2.52. The third-order valence-electron chi connectivity index (χ3n) is 8.09. The average molecular weight is 395 g/mol. The number of benzene rings is 2. The van der Waals surface area contributed by atoms with Crippen LogP contribution >= 0.6 is 0 Å². The van der Waals surface area contributed by atoms with Crippen LogP contribution in [0.5, 0.6) is 0 Å². The van der Waals surface area contributed by atoms with E-state index in [2.05, 4.69) is 126 Å². The Morgan fingerprint density at radius 3 is 1.80 bits per heavy atom. The van der Waals surface area contributed by atoms with Crippen molar-refractivity contribution in [3.63, 3.8) is 0 Å². The van der Waals surface area contributed by atoms with Crippen molar-refractivity contribution >= 4 is 0 Å². The molecule has 0 heteroatoms. The maximum absolute atomic E-state index is 2.51. The van der Waals surface area contributed by atoms with Crippen molar-refractivity contribution in [3.05, 3.63) is 119 Å². The van der Waals surface area contributed by atoms with Gasteiger partial charge in [0.15, 0.2) is 0 Å². The Morgan fingerprint density at radius 2 is 1.37 bits per heavy atom. The molecule has 0 aromatic heterocycles. The summed E-state index contributed by atoms with van der Waals surface area (Å²) < 4.78 is 0. The summed E-state index contributed by atoms with van der Waals surface area (Å²) in [6.07, 6.45) is 14.1. The summed E-state index contributed by atoms with van der Waals surface area (Å²) in [5.74, 6) is 0. The topological polar surface area (TPSA) is 0 Å². The fraction of sp³-hybridized carbons (Fsp3) is 0.333. The molecule has 0 spiro atoms. The summed E-state index contributed by atoms with van der Waals surface area (Å²) in [5.41, 5.74) is 6.71. The van der Waals surface area contributed by atoms with Crippen molar-refractivity contribution in [3.8, 4) is 0 Å². The van der Waals surface area contributed by atoms with E-state index < -0.39 is 0 Å². The molecule has 4 rings (SSSR count). The van der Waals surface area contributed by atoms with Gasteiger partial charge in [-0.05, 0) is 37.8 Å². The van der Waals surface area contributed by atoms with Gasteiger partial charge in [0.2, 0.25) is 0 Å². The van der Waals surface area contributed by atoms with E-state index in [4.69, 9.17) is 0 Å². The van der Waals surface area contributed by atoms with Gasteiger partial charge < -0.3 is 0 Å². The van der Waals surface area contributed by atoms with Crippen LogP contribution in [0.3, 0.4) is 0 Å². The molecule has 0 saturated heterocycles. The second-order valence-corrected chi connectivity index (χ2v) is 9.06. The quantitative estimate of drug-likeness (QED) is 0.463. The highest BCUT2D eigenvalue weighted by Crippen LogP contribution is 2.67. The minimum atomic E-state index is -0.246. The van der Waals surface area contributed by atoms with E-state index in [1.807, 2.05) is 0 Å². The first-order chi connectivity index (χ1) is 14.5. The molecule has 0 aliphatic heterocycles. The second-order valence-electron chi connectivity index (χ2n) is 9.06. The van der Waals surface area contributed by atoms with Gasteiger partial charge in [0.25, 0.3) is 0 Å². The highest BCUT2D eigenvalue weighted by molar-refractivity contribution is 5.60. The first-order valence-corrected chi connectivity index (χ1v) is 11.3. The molecule has 0 heterocycles. The molecule has 0 fully saturated rings. The standard InChI is InChI=1S/C30H34/c1-6-25-19-14-21-29(25,7-2)30(26-15-10-8-11-16-26,27-17-12-9-13-18-27)28(5)22-20-23(3)24(28)4/h8-22H,6-7H2,1-5H3. The van der Waals surface area contributed by atoms with E-state index in [-0.39, 0.29) is 16.2 Å². The van der Waals surface area contributed by atoms with Crippen molar-refractivity contribution in [1.82, 2.24) is 0 Å².